The smallest absolute Gasteiger partial charge is 0.481 e. The fourth-order valence-electron chi connectivity index (χ4n) is 4.26. The molecule has 1 aromatic rings. The van der Waals surface area contributed by atoms with Crippen LogP contribution in [-0.4, -0.2) is 34.9 Å². The van der Waals surface area contributed by atoms with Crippen LogP contribution in [-0.2, 0) is 11.3 Å². The summed E-state index contributed by atoms with van der Waals surface area (Å²) < 4.78 is 41.0. The minimum atomic E-state index is -4.70. The van der Waals surface area contributed by atoms with Crippen molar-refractivity contribution in [2.45, 2.75) is 51.6 Å². The van der Waals surface area contributed by atoms with Gasteiger partial charge in [0.05, 0.1) is 0 Å². The molecule has 1 aromatic carbocycles. The summed E-state index contributed by atoms with van der Waals surface area (Å²) in [4.78, 5) is 13.5. The molecule has 3 rings (SSSR count). The van der Waals surface area contributed by atoms with Gasteiger partial charge < -0.3 is 9.84 Å². The average molecular weight is 409 g/mol. The molecule has 1 aliphatic carbocycles. The van der Waals surface area contributed by atoms with Gasteiger partial charge in [0.25, 0.3) is 0 Å². The Kier molecular flexibility index (Phi) is 6.67. The largest absolute Gasteiger partial charge is 0.573 e. The summed E-state index contributed by atoms with van der Waals surface area (Å²) in [6.45, 7) is 3.45. The number of alkyl halides is 3. The molecule has 0 saturated carbocycles. The van der Waals surface area contributed by atoms with Crippen LogP contribution < -0.4 is 4.74 Å². The van der Waals surface area contributed by atoms with Crippen molar-refractivity contribution in [3.63, 3.8) is 0 Å². The summed E-state index contributed by atoms with van der Waals surface area (Å²) in [6, 6.07) is 6.19. The van der Waals surface area contributed by atoms with Crippen molar-refractivity contribution in [2.75, 3.05) is 6.54 Å². The highest BCUT2D eigenvalue weighted by atomic mass is 19.4. The number of carbonyl (C=O) groups is 1. The number of carboxylic acid groups (broad SMARTS) is 1. The maximum atomic E-state index is 12.3. The molecule has 1 N–H and O–H groups in total. The maximum Gasteiger partial charge on any atom is 0.573 e. The molecular formula is C22H26F3NO3. The third-order valence-electron chi connectivity index (χ3n) is 5.69. The standard InChI is InChI=1S/C22H26F3NO3/c1-15-2-6-18(7-3-15)20-12-17(13-21(27)28)10-11-26(20)14-16-4-8-19(9-5-16)29-22(23,24)25/h2-6,8-9,17-18,20H,7,10-14H2,1H3,(H,27,28)/t17-,18?,20+/m0/s1. The first-order valence-electron chi connectivity index (χ1n) is 9.85. The van der Waals surface area contributed by atoms with E-state index in [1.807, 2.05) is 0 Å². The molecule has 1 heterocycles. The van der Waals surface area contributed by atoms with Gasteiger partial charge in [0.15, 0.2) is 0 Å². The van der Waals surface area contributed by atoms with Gasteiger partial charge in [-0.2, -0.15) is 0 Å². The van der Waals surface area contributed by atoms with Crippen molar-refractivity contribution in [2.24, 2.45) is 11.8 Å². The third-order valence-corrected chi connectivity index (χ3v) is 5.69. The van der Waals surface area contributed by atoms with E-state index in [2.05, 4.69) is 34.8 Å². The summed E-state index contributed by atoms with van der Waals surface area (Å²) >= 11 is 0. The molecule has 1 aliphatic heterocycles. The molecule has 0 radical (unpaired) electrons. The summed E-state index contributed by atoms with van der Waals surface area (Å²) in [7, 11) is 0. The SMILES string of the molecule is CC1=CCC([C@H]2C[C@@H](CC(=O)O)CCN2Cc2ccc(OC(F)(F)F)cc2)C=C1. The molecule has 2 aliphatic rings. The van der Waals surface area contributed by atoms with E-state index in [1.165, 1.54) is 17.7 Å². The van der Waals surface area contributed by atoms with Crippen LogP contribution in [0.5, 0.6) is 5.75 Å². The number of likely N-dealkylation sites (tertiary alicyclic amines) is 1. The Balaban J connectivity index is 1.70. The molecule has 0 amide bonds. The van der Waals surface area contributed by atoms with E-state index in [0.29, 0.717) is 12.5 Å². The highest BCUT2D eigenvalue weighted by Crippen LogP contribution is 2.35. The van der Waals surface area contributed by atoms with E-state index in [-0.39, 0.29) is 24.1 Å². The Morgan fingerprint density at radius 3 is 2.59 bits per heavy atom. The van der Waals surface area contributed by atoms with Crippen LogP contribution in [0.2, 0.25) is 0 Å². The zero-order chi connectivity index (χ0) is 21.0. The lowest BCUT2D eigenvalue weighted by molar-refractivity contribution is -0.274. The number of rotatable bonds is 6. The van der Waals surface area contributed by atoms with Crippen molar-refractivity contribution < 1.29 is 27.8 Å². The van der Waals surface area contributed by atoms with Crippen LogP contribution in [0.25, 0.3) is 0 Å². The number of benzene rings is 1. The number of ether oxygens (including phenoxy) is 1. The lowest BCUT2D eigenvalue weighted by atomic mass is 9.79. The number of hydrogen-bond donors (Lipinski definition) is 1. The molecule has 0 spiro atoms. The molecule has 1 unspecified atom stereocenters. The van der Waals surface area contributed by atoms with Crippen LogP contribution >= 0.6 is 0 Å². The molecule has 7 heteroatoms. The van der Waals surface area contributed by atoms with Gasteiger partial charge in [-0.25, -0.2) is 0 Å². The molecule has 0 aromatic heterocycles. The van der Waals surface area contributed by atoms with Crippen LogP contribution in [0.4, 0.5) is 13.2 Å². The minimum absolute atomic E-state index is 0.150. The number of hydrogen-bond acceptors (Lipinski definition) is 3. The van der Waals surface area contributed by atoms with Gasteiger partial charge in [-0.1, -0.05) is 35.9 Å². The van der Waals surface area contributed by atoms with Crippen molar-refractivity contribution >= 4 is 5.97 Å². The Morgan fingerprint density at radius 2 is 2.00 bits per heavy atom. The molecular weight excluding hydrogens is 383 g/mol. The van der Waals surface area contributed by atoms with Gasteiger partial charge in [0, 0.05) is 19.0 Å². The Hall–Kier alpha value is -2.28. The van der Waals surface area contributed by atoms with E-state index in [4.69, 9.17) is 0 Å². The lowest BCUT2D eigenvalue weighted by Crippen LogP contribution is -2.46. The van der Waals surface area contributed by atoms with Crippen LogP contribution in [0.15, 0.2) is 48.1 Å². The van der Waals surface area contributed by atoms with Gasteiger partial charge in [-0.15, -0.1) is 13.2 Å². The molecule has 1 fully saturated rings. The van der Waals surface area contributed by atoms with Crippen molar-refractivity contribution in [1.82, 2.24) is 4.90 Å². The quantitative estimate of drug-likeness (QED) is 0.705. The van der Waals surface area contributed by atoms with Gasteiger partial charge in [-0.05, 0) is 62.3 Å². The average Bonchev–Trinajstić information content (AvgIpc) is 2.64. The number of allylic oxidation sites excluding steroid dienone is 3. The summed E-state index contributed by atoms with van der Waals surface area (Å²) in [5, 5.41) is 9.18. The molecule has 1 saturated heterocycles. The van der Waals surface area contributed by atoms with Crippen molar-refractivity contribution in [3.8, 4) is 5.75 Å². The zero-order valence-electron chi connectivity index (χ0n) is 16.4. The van der Waals surface area contributed by atoms with E-state index in [9.17, 15) is 23.1 Å². The Labute approximate surface area is 168 Å². The molecule has 29 heavy (non-hydrogen) atoms. The summed E-state index contributed by atoms with van der Waals surface area (Å²) in [5.74, 6) is -0.536. The number of halogens is 3. The predicted octanol–water partition coefficient (Wildman–Crippen LogP) is 5.16. The number of carboxylic acids is 1. The topological polar surface area (TPSA) is 49.8 Å². The van der Waals surface area contributed by atoms with Crippen LogP contribution in [0, 0.1) is 11.8 Å². The molecule has 158 valence electrons. The number of piperidine rings is 1. The number of nitrogens with zero attached hydrogens (tertiary/aromatic N) is 1. The van der Waals surface area contributed by atoms with Gasteiger partial charge in [0.1, 0.15) is 5.75 Å². The van der Waals surface area contributed by atoms with Crippen molar-refractivity contribution in [1.29, 1.82) is 0 Å². The molecule has 0 bridgehead atoms. The minimum Gasteiger partial charge on any atom is -0.481 e. The van der Waals surface area contributed by atoms with E-state index in [1.54, 1.807) is 12.1 Å². The molecule has 3 atom stereocenters. The Bertz CT molecular complexity index is 771. The first-order valence-corrected chi connectivity index (χ1v) is 9.85. The second-order valence-electron chi connectivity index (χ2n) is 7.92. The van der Waals surface area contributed by atoms with Crippen molar-refractivity contribution in [3.05, 3.63) is 53.6 Å². The van der Waals surface area contributed by atoms with Gasteiger partial charge >= 0.3 is 12.3 Å². The van der Waals surface area contributed by atoms with Crippen LogP contribution in [0.1, 0.15) is 38.2 Å². The van der Waals surface area contributed by atoms with E-state index < -0.39 is 12.3 Å². The predicted molar refractivity (Wildman–Crippen MR) is 103 cm³/mol. The highest BCUT2D eigenvalue weighted by molar-refractivity contribution is 5.67. The monoisotopic (exact) mass is 409 g/mol. The third kappa shape index (κ3) is 6.35. The fraction of sp³-hybridized carbons (Fsp3) is 0.500. The lowest BCUT2D eigenvalue weighted by Gasteiger charge is -2.43. The highest BCUT2D eigenvalue weighted by Gasteiger charge is 2.34. The zero-order valence-corrected chi connectivity index (χ0v) is 16.4. The van der Waals surface area contributed by atoms with Gasteiger partial charge in [-0.3, -0.25) is 9.69 Å². The maximum absolute atomic E-state index is 12.3. The van der Waals surface area contributed by atoms with E-state index in [0.717, 1.165) is 31.4 Å². The summed E-state index contributed by atoms with van der Waals surface area (Å²) in [5.41, 5.74) is 2.14. The molecule has 4 nitrogen and oxygen atoms in total. The second kappa shape index (κ2) is 9.03. The first kappa shape index (κ1) is 21.4. The summed E-state index contributed by atoms with van der Waals surface area (Å²) in [6.07, 6.45) is 4.53. The van der Waals surface area contributed by atoms with Crippen LogP contribution in [0.3, 0.4) is 0 Å². The second-order valence-corrected chi connectivity index (χ2v) is 7.92. The first-order chi connectivity index (χ1) is 13.7. The fourth-order valence-corrected chi connectivity index (χ4v) is 4.26. The van der Waals surface area contributed by atoms with E-state index >= 15 is 0 Å². The van der Waals surface area contributed by atoms with Gasteiger partial charge in [0.2, 0.25) is 0 Å². The Morgan fingerprint density at radius 1 is 1.28 bits per heavy atom. The normalized spacial score (nSPS) is 25.5. The number of aliphatic carboxylic acids is 1.